The van der Waals surface area contributed by atoms with E-state index in [2.05, 4.69) is 17.2 Å². The fraction of sp³-hybridized carbons (Fsp3) is 0.462. The number of hydrogen-bond acceptors (Lipinski definition) is 2. The van der Waals surface area contributed by atoms with Crippen LogP contribution in [0.1, 0.15) is 18.9 Å². The van der Waals surface area contributed by atoms with Crippen molar-refractivity contribution in [2.75, 3.05) is 12.3 Å². The van der Waals surface area contributed by atoms with Crippen LogP contribution in [0, 0.1) is 11.6 Å². The van der Waals surface area contributed by atoms with E-state index in [0.29, 0.717) is 24.6 Å². The molecule has 1 heterocycles. The quantitative estimate of drug-likeness (QED) is 0.909. The third-order valence-corrected chi connectivity index (χ3v) is 3.91. The molecule has 0 spiro atoms. The van der Waals surface area contributed by atoms with Gasteiger partial charge in [0.05, 0.1) is 0 Å². The number of halogens is 2. The molecule has 1 aromatic rings. The minimum Gasteiger partial charge on any atom is -0.361 e. The number of thioether (sulfide) groups is 1. The maximum atomic E-state index is 13.0. The van der Waals surface area contributed by atoms with Crippen molar-refractivity contribution in [3.05, 3.63) is 35.4 Å². The van der Waals surface area contributed by atoms with Crippen LogP contribution in [-0.2, 0) is 6.42 Å². The molecule has 0 bridgehead atoms. The lowest BCUT2D eigenvalue weighted by Crippen LogP contribution is -2.25. The summed E-state index contributed by atoms with van der Waals surface area (Å²) in [4.78, 5) is 4.40. The second-order valence-electron chi connectivity index (χ2n) is 4.28. The number of amidine groups is 1. The Morgan fingerprint density at radius 2 is 2.06 bits per heavy atom. The predicted octanol–water partition coefficient (Wildman–Crippen LogP) is 2.98. The first-order valence-corrected chi connectivity index (χ1v) is 7.04. The lowest BCUT2D eigenvalue weighted by Gasteiger charge is -2.05. The van der Waals surface area contributed by atoms with Gasteiger partial charge in [0, 0.05) is 24.4 Å². The molecule has 5 heteroatoms. The fourth-order valence-electron chi connectivity index (χ4n) is 1.79. The Kier molecular flexibility index (Phi) is 4.58. The van der Waals surface area contributed by atoms with Crippen LogP contribution in [0.4, 0.5) is 8.78 Å². The first-order valence-electron chi connectivity index (χ1n) is 6.06. The summed E-state index contributed by atoms with van der Waals surface area (Å²) in [5, 5.41) is 4.26. The highest BCUT2D eigenvalue weighted by Gasteiger charge is 2.17. The van der Waals surface area contributed by atoms with Crippen LogP contribution in [0.2, 0.25) is 0 Å². The Morgan fingerprint density at radius 3 is 2.67 bits per heavy atom. The van der Waals surface area contributed by atoms with Gasteiger partial charge >= 0.3 is 0 Å². The number of aliphatic imine (C=N–C) groups is 1. The lowest BCUT2D eigenvalue weighted by atomic mass is 10.1. The summed E-state index contributed by atoms with van der Waals surface area (Å²) in [5.41, 5.74) is 0.645. The van der Waals surface area contributed by atoms with E-state index < -0.39 is 11.6 Å². The summed E-state index contributed by atoms with van der Waals surface area (Å²) < 4.78 is 25.9. The van der Waals surface area contributed by atoms with Gasteiger partial charge in [-0.3, -0.25) is 4.99 Å². The van der Waals surface area contributed by atoms with E-state index in [4.69, 9.17) is 0 Å². The minimum atomic E-state index is -0.530. The second-order valence-corrected chi connectivity index (χ2v) is 5.28. The Labute approximate surface area is 110 Å². The van der Waals surface area contributed by atoms with Gasteiger partial charge in [0.25, 0.3) is 0 Å². The molecule has 1 atom stereocenters. The average molecular weight is 270 g/mol. The molecule has 98 valence electrons. The number of rotatable bonds is 4. The van der Waals surface area contributed by atoms with Crippen molar-refractivity contribution < 1.29 is 8.78 Å². The zero-order valence-electron chi connectivity index (χ0n) is 10.2. The van der Waals surface area contributed by atoms with Crippen molar-refractivity contribution in [1.82, 2.24) is 5.32 Å². The number of nitrogens with zero attached hydrogens (tertiary/aromatic N) is 1. The molecule has 0 saturated carbocycles. The van der Waals surface area contributed by atoms with Gasteiger partial charge in [-0.25, -0.2) is 8.78 Å². The van der Waals surface area contributed by atoms with Gasteiger partial charge in [-0.1, -0.05) is 18.7 Å². The summed E-state index contributed by atoms with van der Waals surface area (Å²) in [6, 6.07) is 4.09. The van der Waals surface area contributed by atoms with Gasteiger partial charge in [0.15, 0.2) is 5.17 Å². The van der Waals surface area contributed by atoms with Crippen LogP contribution < -0.4 is 5.32 Å². The van der Waals surface area contributed by atoms with E-state index in [1.165, 1.54) is 12.1 Å². The van der Waals surface area contributed by atoms with Crippen molar-refractivity contribution in [2.24, 2.45) is 4.99 Å². The molecule has 0 radical (unpaired) electrons. The van der Waals surface area contributed by atoms with E-state index in [0.717, 1.165) is 23.4 Å². The second kappa shape index (κ2) is 6.18. The van der Waals surface area contributed by atoms with Gasteiger partial charge < -0.3 is 5.32 Å². The molecule has 18 heavy (non-hydrogen) atoms. The minimum absolute atomic E-state index is 0.500. The van der Waals surface area contributed by atoms with Crippen LogP contribution in [0.15, 0.2) is 23.2 Å². The van der Waals surface area contributed by atoms with Gasteiger partial charge in [0.2, 0.25) is 0 Å². The van der Waals surface area contributed by atoms with Crippen molar-refractivity contribution in [1.29, 1.82) is 0 Å². The van der Waals surface area contributed by atoms with Crippen molar-refractivity contribution in [3.8, 4) is 0 Å². The molecule has 1 aromatic carbocycles. The molecule has 0 aromatic heterocycles. The zero-order chi connectivity index (χ0) is 13.0. The normalized spacial score (nSPS) is 21.3. The smallest absolute Gasteiger partial charge is 0.156 e. The van der Waals surface area contributed by atoms with Crippen LogP contribution in [-0.4, -0.2) is 23.5 Å². The van der Waals surface area contributed by atoms with Crippen molar-refractivity contribution >= 4 is 16.9 Å². The fourth-order valence-corrected chi connectivity index (χ4v) is 2.90. The highest BCUT2D eigenvalue weighted by Crippen LogP contribution is 2.16. The van der Waals surface area contributed by atoms with Crippen molar-refractivity contribution in [3.63, 3.8) is 0 Å². The molecule has 1 unspecified atom stereocenters. The Morgan fingerprint density at radius 1 is 1.33 bits per heavy atom. The summed E-state index contributed by atoms with van der Waals surface area (Å²) in [6.45, 7) is 2.69. The van der Waals surface area contributed by atoms with Crippen LogP contribution in [0.25, 0.3) is 0 Å². The Bertz CT molecular complexity index is 428. The molecule has 0 amide bonds. The monoisotopic (exact) mass is 270 g/mol. The Hall–Kier alpha value is -1.10. The van der Waals surface area contributed by atoms with Crippen LogP contribution >= 0.6 is 11.8 Å². The molecule has 0 aliphatic carbocycles. The molecule has 2 nitrogen and oxygen atoms in total. The molecule has 1 saturated heterocycles. The summed E-state index contributed by atoms with van der Waals surface area (Å²) in [5.74, 6) is -0.0154. The van der Waals surface area contributed by atoms with Gasteiger partial charge in [0.1, 0.15) is 11.6 Å². The summed E-state index contributed by atoms with van der Waals surface area (Å²) in [6.07, 6.45) is 1.64. The number of nitrogens with one attached hydrogen (secondary N) is 1. The van der Waals surface area contributed by atoms with E-state index in [1.54, 1.807) is 11.8 Å². The highest BCUT2D eigenvalue weighted by molar-refractivity contribution is 8.14. The average Bonchev–Trinajstić information content (AvgIpc) is 2.76. The lowest BCUT2D eigenvalue weighted by molar-refractivity contribution is 0.579. The van der Waals surface area contributed by atoms with Crippen molar-refractivity contribution in [2.45, 2.75) is 25.8 Å². The maximum Gasteiger partial charge on any atom is 0.156 e. The molecule has 1 aliphatic heterocycles. The topological polar surface area (TPSA) is 24.4 Å². The van der Waals surface area contributed by atoms with E-state index in [9.17, 15) is 8.78 Å². The van der Waals surface area contributed by atoms with E-state index in [-0.39, 0.29) is 0 Å². The third-order valence-electron chi connectivity index (χ3n) is 2.82. The molecule has 1 N–H and O–H groups in total. The number of hydrogen-bond donors (Lipinski definition) is 1. The zero-order valence-corrected chi connectivity index (χ0v) is 11.1. The van der Waals surface area contributed by atoms with E-state index >= 15 is 0 Å². The highest BCUT2D eigenvalue weighted by atomic mass is 32.2. The summed E-state index contributed by atoms with van der Waals surface area (Å²) in [7, 11) is 0. The van der Waals surface area contributed by atoms with Gasteiger partial charge in [-0.15, -0.1) is 0 Å². The standard InChI is InChI=1S/C13H16F2N2S/c1-2-12-8-18-13(17-12)16-4-3-9-5-10(14)7-11(15)6-9/h5-7,12H,2-4,8H2,1H3,(H,16,17). The molecule has 1 fully saturated rings. The van der Waals surface area contributed by atoms with Crippen LogP contribution in [0.3, 0.4) is 0 Å². The maximum absolute atomic E-state index is 13.0. The van der Waals surface area contributed by atoms with E-state index in [1.807, 2.05) is 0 Å². The molecular formula is C13H16F2N2S. The first-order chi connectivity index (χ1) is 8.67. The van der Waals surface area contributed by atoms with Gasteiger partial charge in [-0.2, -0.15) is 0 Å². The Balaban J connectivity index is 1.87. The largest absolute Gasteiger partial charge is 0.361 e. The predicted molar refractivity (Wildman–Crippen MR) is 72.0 cm³/mol. The number of benzene rings is 1. The molecular weight excluding hydrogens is 254 g/mol. The SMILES string of the molecule is CCC1CSC(=NCCc2cc(F)cc(F)c2)N1. The first kappa shape index (κ1) is 13.3. The third kappa shape index (κ3) is 3.70. The van der Waals surface area contributed by atoms with Gasteiger partial charge in [-0.05, 0) is 30.5 Å². The molecule has 1 aliphatic rings. The summed E-state index contributed by atoms with van der Waals surface area (Å²) >= 11 is 1.71. The van der Waals surface area contributed by atoms with Crippen LogP contribution in [0.5, 0.6) is 0 Å². The molecule has 2 rings (SSSR count).